The second-order valence-electron chi connectivity index (χ2n) is 4.73. The molecule has 0 radical (unpaired) electrons. The van der Waals surface area contributed by atoms with E-state index in [2.05, 4.69) is 10.6 Å². The Morgan fingerprint density at radius 2 is 2.21 bits per heavy atom. The molecule has 19 heavy (non-hydrogen) atoms. The SMILES string of the molecule is CC1CC(Nc2c([N+](=O)[O-])ccc(F)c2F)CCN1. The molecule has 0 aromatic heterocycles. The fraction of sp³-hybridized carbons (Fsp3) is 0.500. The molecule has 0 saturated carbocycles. The summed E-state index contributed by atoms with van der Waals surface area (Å²) in [5.74, 6) is -2.28. The van der Waals surface area contributed by atoms with Gasteiger partial charge in [0, 0.05) is 18.2 Å². The fourth-order valence-electron chi connectivity index (χ4n) is 2.30. The summed E-state index contributed by atoms with van der Waals surface area (Å²) in [6, 6.07) is 1.88. The summed E-state index contributed by atoms with van der Waals surface area (Å²) in [6.45, 7) is 2.72. The van der Waals surface area contributed by atoms with E-state index in [0.717, 1.165) is 18.7 Å². The molecule has 0 aliphatic carbocycles. The molecule has 1 aromatic carbocycles. The van der Waals surface area contributed by atoms with Gasteiger partial charge in [0.25, 0.3) is 5.69 Å². The predicted octanol–water partition coefficient (Wildman–Crippen LogP) is 2.43. The molecule has 2 atom stereocenters. The van der Waals surface area contributed by atoms with Crippen molar-refractivity contribution in [3.8, 4) is 0 Å². The summed E-state index contributed by atoms with van der Waals surface area (Å²) < 4.78 is 26.9. The van der Waals surface area contributed by atoms with Gasteiger partial charge in [-0.05, 0) is 32.4 Å². The van der Waals surface area contributed by atoms with Gasteiger partial charge in [-0.15, -0.1) is 0 Å². The summed E-state index contributed by atoms with van der Waals surface area (Å²) in [5, 5.41) is 16.8. The second-order valence-corrected chi connectivity index (χ2v) is 4.73. The zero-order valence-corrected chi connectivity index (χ0v) is 10.5. The van der Waals surface area contributed by atoms with Crippen LogP contribution < -0.4 is 10.6 Å². The van der Waals surface area contributed by atoms with Crippen molar-refractivity contribution in [2.24, 2.45) is 0 Å². The van der Waals surface area contributed by atoms with Crippen LogP contribution in [0.1, 0.15) is 19.8 Å². The van der Waals surface area contributed by atoms with Crippen molar-refractivity contribution in [1.82, 2.24) is 5.32 Å². The van der Waals surface area contributed by atoms with E-state index in [1.54, 1.807) is 0 Å². The van der Waals surface area contributed by atoms with Crippen LogP contribution in [0.25, 0.3) is 0 Å². The van der Waals surface area contributed by atoms with Gasteiger partial charge in [-0.25, -0.2) is 8.78 Å². The highest BCUT2D eigenvalue weighted by Crippen LogP contribution is 2.30. The van der Waals surface area contributed by atoms with Gasteiger partial charge in [0.15, 0.2) is 17.3 Å². The number of piperidine rings is 1. The fourth-order valence-corrected chi connectivity index (χ4v) is 2.30. The molecule has 0 amide bonds. The Bertz CT molecular complexity index is 496. The highest BCUT2D eigenvalue weighted by Gasteiger charge is 2.26. The summed E-state index contributed by atoms with van der Waals surface area (Å²) in [7, 11) is 0. The van der Waals surface area contributed by atoms with E-state index >= 15 is 0 Å². The molecule has 104 valence electrons. The van der Waals surface area contributed by atoms with E-state index in [9.17, 15) is 18.9 Å². The number of nitrogens with zero attached hydrogens (tertiary/aromatic N) is 1. The van der Waals surface area contributed by atoms with E-state index in [4.69, 9.17) is 0 Å². The normalized spacial score (nSPS) is 23.1. The van der Waals surface area contributed by atoms with Crippen LogP contribution in [-0.4, -0.2) is 23.6 Å². The van der Waals surface area contributed by atoms with Crippen LogP contribution in [0.15, 0.2) is 12.1 Å². The van der Waals surface area contributed by atoms with Crippen molar-refractivity contribution in [2.45, 2.75) is 31.8 Å². The maximum Gasteiger partial charge on any atom is 0.295 e. The van der Waals surface area contributed by atoms with Gasteiger partial charge in [-0.3, -0.25) is 10.1 Å². The number of nitrogens with one attached hydrogen (secondary N) is 2. The highest BCUT2D eigenvalue weighted by atomic mass is 19.2. The molecule has 2 rings (SSSR count). The number of halogens is 2. The number of hydrogen-bond acceptors (Lipinski definition) is 4. The topological polar surface area (TPSA) is 67.2 Å². The van der Waals surface area contributed by atoms with Gasteiger partial charge in [0.1, 0.15) is 0 Å². The first-order valence-electron chi connectivity index (χ1n) is 6.11. The van der Waals surface area contributed by atoms with Gasteiger partial charge in [0.2, 0.25) is 0 Å². The second kappa shape index (κ2) is 5.48. The first kappa shape index (κ1) is 13.7. The number of rotatable bonds is 3. The third-order valence-electron chi connectivity index (χ3n) is 3.24. The first-order chi connectivity index (χ1) is 8.99. The van der Waals surface area contributed by atoms with E-state index < -0.39 is 22.2 Å². The van der Waals surface area contributed by atoms with E-state index in [0.29, 0.717) is 12.8 Å². The first-order valence-corrected chi connectivity index (χ1v) is 6.11. The number of hydrogen-bond donors (Lipinski definition) is 2. The van der Waals surface area contributed by atoms with Gasteiger partial charge in [-0.1, -0.05) is 0 Å². The Morgan fingerprint density at radius 1 is 1.47 bits per heavy atom. The van der Waals surface area contributed by atoms with Crippen LogP contribution in [0.5, 0.6) is 0 Å². The van der Waals surface area contributed by atoms with Crippen molar-refractivity contribution in [2.75, 3.05) is 11.9 Å². The molecular formula is C12H15F2N3O2. The van der Waals surface area contributed by atoms with Crippen molar-refractivity contribution in [1.29, 1.82) is 0 Å². The zero-order chi connectivity index (χ0) is 14.0. The Hall–Kier alpha value is -1.76. The Kier molecular flexibility index (Phi) is 3.94. The third-order valence-corrected chi connectivity index (χ3v) is 3.24. The molecule has 1 heterocycles. The molecular weight excluding hydrogens is 256 g/mol. The number of anilines is 1. The molecule has 1 aliphatic heterocycles. The van der Waals surface area contributed by atoms with Crippen LogP contribution in [0, 0.1) is 21.7 Å². The minimum Gasteiger partial charge on any atom is -0.374 e. The molecule has 1 aromatic rings. The van der Waals surface area contributed by atoms with Crippen molar-refractivity contribution in [3.05, 3.63) is 33.9 Å². The average molecular weight is 271 g/mol. The molecule has 2 unspecified atom stereocenters. The minimum absolute atomic E-state index is 0.105. The van der Waals surface area contributed by atoms with Gasteiger partial charge < -0.3 is 10.6 Å². The zero-order valence-electron chi connectivity index (χ0n) is 10.5. The monoisotopic (exact) mass is 271 g/mol. The molecule has 2 N–H and O–H groups in total. The van der Waals surface area contributed by atoms with Crippen LogP contribution in [0.3, 0.4) is 0 Å². The lowest BCUT2D eigenvalue weighted by Crippen LogP contribution is -2.41. The Balaban J connectivity index is 2.27. The van der Waals surface area contributed by atoms with Gasteiger partial charge >= 0.3 is 0 Å². The lowest BCUT2D eigenvalue weighted by Gasteiger charge is -2.29. The number of nitro groups is 1. The molecule has 1 aliphatic rings. The molecule has 1 fully saturated rings. The summed E-state index contributed by atoms with van der Waals surface area (Å²) in [4.78, 5) is 10.1. The predicted molar refractivity (Wildman–Crippen MR) is 67.1 cm³/mol. The van der Waals surface area contributed by atoms with E-state index in [-0.39, 0.29) is 17.8 Å². The lowest BCUT2D eigenvalue weighted by atomic mass is 10.00. The molecule has 5 nitrogen and oxygen atoms in total. The molecule has 7 heteroatoms. The van der Waals surface area contributed by atoms with Crippen LogP contribution in [0.2, 0.25) is 0 Å². The van der Waals surface area contributed by atoms with Crippen molar-refractivity contribution < 1.29 is 13.7 Å². The smallest absolute Gasteiger partial charge is 0.295 e. The maximum atomic E-state index is 13.7. The van der Waals surface area contributed by atoms with Gasteiger partial charge in [-0.2, -0.15) is 0 Å². The molecule has 1 saturated heterocycles. The van der Waals surface area contributed by atoms with Crippen molar-refractivity contribution in [3.63, 3.8) is 0 Å². The highest BCUT2D eigenvalue weighted by molar-refractivity contribution is 5.63. The summed E-state index contributed by atoms with van der Waals surface area (Å²) in [5.41, 5.74) is -0.797. The van der Waals surface area contributed by atoms with Gasteiger partial charge in [0.05, 0.1) is 4.92 Å². The number of nitro benzene ring substituents is 1. The third kappa shape index (κ3) is 2.98. The van der Waals surface area contributed by atoms with Crippen molar-refractivity contribution >= 4 is 11.4 Å². The van der Waals surface area contributed by atoms with Crippen LogP contribution in [-0.2, 0) is 0 Å². The Morgan fingerprint density at radius 3 is 2.84 bits per heavy atom. The van der Waals surface area contributed by atoms with E-state index in [1.165, 1.54) is 0 Å². The quantitative estimate of drug-likeness (QED) is 0.654. The largest absolute Gasteiger partial charge is 0.374 e. The summed E-state index contributed by atoms with van der Waals surface area (Å²) in [6.07, 6.45) is 1.41. The molecule has 0 bridgehead atoms. The standard InChI is InChI=1S/C12H15F2N3O2/c1-7-6-8(4-5-15-7)16-12-10(17(18)19)3-2-9(13)11(12)14/h2-3,7-8,15-16H,4-6H2,1H3. The molecule has 0 spiro atoms. The van der Waals surface area contributed by atoms with Crippen LogP contribution >= 0.6 is 0 Å². The maximum absolute atomic E-state index is 13.7. The minimum atomic E-state index is -1.19. The number of benzene rings is 1. The van der Waals surface area contributed by atoms with Crippen LogP contribution in [0.4, 0.5) is 20.2 Å². The summed E-state index contributed by atoms with van der Waals surface area (Å²) >= 11 is 0. The lowest BCUT2D eigenvalue weighted by molar-refractivity contribution is -0.384. The van der Waals surface area contributed by atoms with E-state index in [1.807, 2.05) is 6.92 Å². The average Bonchev–Trinajstić information content (AvgIpc) is 2.35. The Labute approximate surface area is 109 Å².